The average molecular weight is 364 g/mol. The van der Waals surface area contributed by atoms with Crippen molar-refractivity contribution in [3.05, 3.63) is 41.5 Å². The van der Waals surface area contributed by atoms with Crippen molar-refractivity contribution in [1.82, 2.24) is 0 Å². The minimum atomic E-state index is 0.615. The highest BCUT2D eigenvalue weighted by Crippen LogP contribution is 2.63. The molecule has 3 saturated carbocycles. The molecule has 1 aromatic rings. The van der Waals surface area contributed by atoms with Crippen molar-refractivity contribution in [3.8, 4) is 0 Å². The molecule has 3 atom stereocenters. The fraction of sp³-hybridized carbons (Fsp3) is 0.704. The van der Waals surface area contributed by atoms with Crippen LogP contribution in [0.25, 0.3) is 6.08 Å². The zero-order valence-electron chi connectivity index (χ0n) is 17.7. The first-order valence-electron chi connectivity index (χ1n) is 11.9. The van der Waals surface area contributed by atoms with E-state index in [-0.39, 0.29) is 0 Å². The first-order valence-corrected chi connectivity index (χ1v) is 11.9. The highest BCUT2D eigenvalue weighted by Gasteiger charge is 2.54. The standard InChI is InChI=1S/C27H39/c1-21(2)24-15-12-22(13-16-24)10-11-23-14-17-26-18-19-27(26,20-23)25-8-6-4-3-5-7-9-25/h10,12-13,15-16,21,23,25-26H,3-9,14,17-20H2,1-2H3/q+1. The predicted molar refractivity (Wildman–Crippen MR) is 117 cm³/mol. The van der Waals surface area contributed by atoms with Crippen LogP contribution in [0.5, 0.6) is 0 Å². The summed E-state index contributed by atoms with van der Waals surface area (Å²) in [6.45, 7) is 4.53. The van der Waals surface area contributed by atoms with Gasteiger partial charge >= 0.3 is 0 Å². The third-order valence-electron chi connectivity index (χ3n) is 8.27. The molecule has 3 unspecified atom stereocenters. The summed E-state index contributed by atoms with van der Waals surface area (Å²) in [5.41, 5.74) is 3.46. The molecule has 3 aliphatic carbocycles. The molecule has 0 aliphatic heterocycles. The Morgan fingerprint density at radius 2 is 1.52 bits per heavy atom. The van der Waals surface area contributed by atoms with Crippen LogP contribution in [0.3, 0.4) is 0 Å². The van der Waals surface area contributed by atoms with Gasteiger partial charge in [0, 0.05) is 12.1 Å². The van der Waals surface area contributed by atoms with Gasteiger partial charge in [-0.25, -0.2) is 0 Å². The Kier molecular flexibility index (Phi) is 6.03. The van der Waals surface area contributed by atoms with Gasteiger partial charge in [0.2, 0.25) is 0 Å². The van der Waals surface area contributed by atoms with Crippen molar-refractivity contribution in [2.45, 2.75) is 96.8 Å². The first kappa shape index (κ1) is 19.2. The van der Waals surface area contributed by atoms with Crippen LogP contribution in [-0.4, -0.2) is 0 Å². The van der Waals surface area contributed by atoms with Crippen LogP contribution < -0.4 is 0 Å². The molecule has 27 heavy (non-hydrogen) atoms. The maximum Gasteiger partial charge on any atom is 0.162 e. The molecule has 0 heteroatoms. The van der Waals surface area contributed by atoms with Crippen LogP contribution in [0.15, 0.2) is 24.3 Å². The van der Waals surface area contributed by atoms with Crippen molar-refractivity contribution < 1.29 is 0 Å². The van der Waals surface area contributed by atoms with Gasteiger partial charge in [0.25, 0.3) is 0 Å². The molecular formula is C27H39+. The van der Waals surface area contributed by atoms with Crippen LogP contribution >= 0.6 is 0 Å². The van der Waals surface area contributed by atoms with Gasteiger partial charge in [-0.2, -0.15) is 0 Å². The Morgan fingerprint density at radius 1 is 0.852 bits per heavy atom. The third kappa shape index (κ3) is 4.17. The lowest BCUT2D eigenvalue weighted by atomic mass is 9.46. The summed E-state index contributed by atoms with van der Waals surface area (Å²) in [5.74, 6) is 3.37. The zero-order chi connectivity index (χ0) is 18.7. The van der Waals surface area contributed by atoms with Gasteiger partial charge in [0.15, 0.2) is 6.08 Å². The van der Waals surface area contributed by atoms with Crippen molar-refractivity contribution in [2.75, 3.05) is 0 Å². The van der Waals surface area contributed by atoms with E-state index in [0.29, 0.717) is 17.3 Å². The van der Waals surface area contributed by atoms with E-state index in [9.17, 15) is 0 Å². The summed E-state index contributed by atoms with van der Waals surface area (Å²) in [4.78, 5) is 0. The van der Waals surface area contributed by atoms with Crippen molar-refractivity contribution >= 4 is 6.08 Å². The van der Waals surface area contributed by atoms with Crippen molar-refractivity contribution in [2.24, 2.45) is 23.2 Å². The SMILES string of the molecule is CC(C)c1ccc(C=[C+]C2CCC3CCC3(C3CCCCCCC3)C2)cc1. The molecule has 0 N–H and O–H groups in total. The van der Waals surface area contributed by atoms with Crippen LogP contribution in [0.1, 0.15) is 108 Å². The van der Waals surface area contributed by atoms with Crippen LogP contribution in [0.2, 0.25) is 0 Å². The monoisotopic (exact) mass is 363 g/mol. The molecule has 0 saturated heterocycles. The van der Waals surface area contributed by atoms with Crippen molar-refractivity contribution in [1.29, 1.82) is 0 Å². The van der Waals surface area contributed by atoms with Gasteiger partial charge in [0.1, 0.15) is 5.56 Å². The minimum absolute atomic E-state index is 0.615. The average Bonchev–Trinajstić information content (AvgIpc) is 2.62. The summed E-state index contributed by atoms with van der Waals surface area (Å²) in [7, 11) is 0. The zero-order valence-corrected chi connectivity index (χ0v) is 17.7. The Hall–Kier alpha value is -1.13. The highest BCUT2D eigenvalue weighted by atomic mass is 14.6. The number of hydrogen-bond donors (Lipinski definition) is 0. The molecule has 1 aromatic carbocycles. The second-order valence-electron chi connectivity index (χ2n) is 10.1. The van der Waals surface area contributed by atoms with E-state index in [1.165, 1.54) is 88.2 Å². The molecule has 0 nitrogen and oxygen atoms in total. The van der Waals surface area contributed by atoms with Gasteiger partial charge in [-0.1, -0.05) is 46.0 Å². The van der Waals surface area contributed by atoms with E-state index in [1.54, 1.807) is 0 Å². The molecular weight excluding hydrogens is 324 g/mol. The normalized spacial score (nSPS) is 32.4. The van der Waals surface area contributed by atoms with Gasteiger partial charge < -0.3 is 0 Å². The minimum Gasteiger partial charge on any atom is -0.0587 e. The summed E-state index contributed by atoms with van der Waals surface area (Å²) in [5, 5.41) is 0. The van der Waals surface area contributed by atoms with Crippen molar-refractivity contribution in [3.63, 3.8) is 0 Å². The van der Waals surface area contributed by atoms with E-state index >= 15 is 0 Å². The smallest absolute Gasteiger partial charge is 0.0587 e. The quantitative estimate of drug-likeness (QED) is 0.473. The molecule has 4 rings (SSSR count). The van der Waals surface area contributed by atoms with E-state index in [1.807, 2.05) is 0 Å². The van der Waals surface area contributed by atoms with Crippen LogP contribution in [0, 0.1) is 29.2 Å². The number of allylic oxidation sites excluding steroid dienone is 1. The molecule has 0 amide bonds. The Balaban J connectivity index is 1.42. The molecule has 0 aromatic heterocycles. The van der Waals surface area contributed by atoms with E-state index in [0.717, 1.165) is 11.8 Å². The predicted octanol–water partition coefficient (Wildman–Crippen LogP) is 8.18. The second-order valence-corrected chi connectivity index (χ2v) is 10.1. The fourth-order valence-electron chi connectivity index (χ4n) is 6.45. The number of hydrogen-bond acceptors (Lipinski definition) is 0. The third-order valence-corrected chi connectivity index (χ3v) is 8.27. The lowest BCUT2D eigenvalue weighted by molar-refractivity contribution is -0.0882. The summed E-state index contributed by atoms with van der Waals surface area (Å²) in [6, 6.07) is 9.14. The number of fused-ring (bicyclic) bond motifs is 1. The summed E-state index contributed by atoms with van der Waals surface area (Å²) < 4.78 is 0. The van der Waals surface area contributed by atoms with E-state index in [2.05, 4.69) is 50.3 Å². The Morgan fingerprint density at radius 3 is 2.15 bits per heavy atom. The second kappa shape index (κ2) is 8.48. The molecule has 0 bridgehead atoms. The highest BCUT2D eigenvalue weighted by molar-refractivity contribution is 5.48. The van der Waals surface area contributed by atoms with Gasteiger partial charge in [-0.3, -0.25) is 0 Å². The summed E-state index contributed by atoms with van der Waals surface area (Å²) in [6.07, 6.45) is 23.9. The van der Waals surface area contributed by atoms with Gasteiger partial charge in [-0.05, 0) is 85.8 Å². The van der Waals surface area contributed by atoms with E-state index < -0.39 is 0 Å². The first-order chi connectivity index (χ1) is 13.2. The molecule has 0 spiro atoms. The fourth-order valence-corrected chi connectivity index (χ4v) is 6.45. The Bertz CT molecular complexity index is 614. The van der Waals surface area contributed by atoms with Crippen LogP contribution in [0.4, 0.5) is 0 Å². The lowest BCUT2D eigenvalue weighted by Gasteiger charge is -2.58. The molecule has 0 heterocycles. The number of rotatable bonds is 4. The lowest BCUT2D eigenvalue weighted by Crippen LogP contribution is -2.50. The summed E-state index contributed by atoms with van der Waals surface area (Å²) >= 11 is 0. The van der Waals surface area contributed by atoms with E-state index in [4.69, 9.17) is 0 Å². The number of benzene rings is 1. The maximum absolute atomic E-state index is 3.84. The topological polar surface area (TPSA) is 0 Å². The molecule has 146 valence electrons. The van der Waals surface area contributed by atoms with Gasteiger partial charge in [-0.15, -0.1) is 0 Å². The maximum atomic E-state index is 3.84. The molecule has 0 radical (unpaired) electrons. The molecule has 3 fully saturated rings. The largest absolute Gasteiger partial charge is 0.162 e. The van der Waals surface area contributed by atoms with Gasteiger partial charge in [0.05, 0.1) is 12.0 Å². The Labute approximate surface area is 167 Å². The molecule has 3 aliphatic rings. The van der Waals surface area contributed by atoms with Crippen LogP contribution in [-0.2, 0) is 0 Å².